The summed E-state index contributed by atoms with van der Waals surface area (Å²) in [6.45, 7) is 0.918. The van der Waals surface area contributed by atoms with Crippen molar-refractivity contribution in [1.29, 1.82) is 0 Å². The minimum absolute atomic E-state index is 0.126. The molecule has 35 heavy (non-hydrogen) atoms. The second kappa shape index (κ2) is 10.5. The molecule has 0 radical (unpaired) electrons. The molecule has 4 aromatic rings. The second-order valence-corrected chi connectivity index (χ2v) is 8.93. The van der Waals surface area contributed by atoms with Gasteiger partial charge in [-0.1, -0.05) is 35.9 Å². The quantitative estimate of drug-likeness (QED) is 0.244. The van der Waals surface area contributed by atoms with Crippen molar-refractivity contribution in [2.45, 2.75) is 12.1 Å². The van der Waals surface area contributed by atoms with E-state index < -0.39 is 0 Å². The van der Waals surface area contributed by atoms with Gasteiger partial charge in [-0.25, -0.2) is 0 Å². The summed E-state index contributed by atoms with van der Waals surface area (Å²) in [5.41, 5.74) is 3.99. The number of benzene rings is 2. The molecule has 1 N–H and O–H groups in total. The highest BCUT2D eigenvalue weighted by molar-refractivity contribution is 7.80. The summed E-state index contributed by atoms with van der Waals surface area (Å²) in [6, 6.07) is 23.8. The first-order chi connectivity index (χ1) is 17.2. The first-order valence-electron chi connectivity index (χ1n) is 11.3. The lowest BCUT2D eigenvalue weighted by molar-refractivity contribution is 0.146. The van der Waals surface area contributed by atoms with Crippen molar-refractivity contribution in [2.75, 3.05) is 25.2 Å². The van der Waals surface area contributed by atoms with Crippen LogP contribution in [0.4, 0.5) is 5.69 Å². The predicted molar refractivity (Wildman–Crippen MR) is 143 cm³/mol. The smallest absolute Gasteiger partial charge is 0.174 e. The number of rotatable bonds is 8. The van der Waals surface area contributed by atoms with Crippen molar-refractivity contribution in [3.63, 3.8) is 0 Å². The molecular weight excluding hydrogens is 480 g/mol. The lowest BCUT2D eigenvalue weighted by Crippen LogP contribution is -2.29. The maximum absolute atomic E-state index is 6.59. The van der Waals surface area contributed by atoms with E-state index in [-0.39, 0.29) is 12.1 Å². The number of hydrogen-bond acceptors (Lipinski definition) is 4. The van der Waals surface area contributed by atoms with E-state index in [1.54, 1.807) is 13.3 Å². The maximum atomic E-state index is 6.59. The number of thiocarbonyl (C=S) groups is 1. The molecule has 8 heteroatoms. The molecule has 0 saturated carbocycles. The van der Waals surface area contributed by atoms with Crippen LogP contribution in [0, 0.1) is 0 Å². The van der Waals surface area contributed by atoms with Crippen LogP contribution < -0.4 is 15.0 Å². The first kappa shape index (κ1) is 23.4. The van der Waals surface area contributed by atoms with Gasteiger partial charge in [0.25, 0.3) is 0 Å². The first-order valence-corrected chi connectivity index (χ1v) is 12.1. The van der Waals surface area contributed by atoms with E-state index in [2.05, 4.69) is 50.4 Å². The molecule has 0 aliphatic carbocycles. The van der Waals surface area contributed by atoms with Crippen molar-refractivity contribution in [2.24, 2.45) is 0 Å². The summed E-state index contributed by atoms with van der Waals surface area (Å²) in [4.78, 5) is 6.73. The normalized spacial score (nSPS) is 17.4. The fraction of sp³-hybridized carbons (Fsp3) is 0.185. The Morgan fingerprint density at radius 1 is 1.00 bits per heavy atom. The highest BCUT2D eigenvalue weighted by atomic mass is 35.5. The van der Waals surface area contributed by atoms with E-state index in [0.717, 1.165) is 22.6 Å². The average Bonchev–Trinajstić information content (AvgIpc) is 3.51. The molecule has 1 aliphatic rings. The number of para-hydroxylation sites is 1. The van der Waals surface area contributed by atoms with Crippen molar-refractivity contribution in [3.05, 3.63) is 108 Å². The van der Waals surface area contributed by atoms with Crippen LogP contribution in [0.3, 0.4) is 0 Å². The summed E-state index contributed by atoms with van der Waals surface area (Å²) in [6.07, 6.45) is 6.01. The fourth-order valence-corrected chi connectivity index (χ4v) is 4.89. The number of nitrogens with zero attached hydrogens (tertiary/aromatic N) is 3. The summed E-state index contributed by atoms with van der Waals surface area (Å²) in [5.74, 6) is 0.610. The Bertz CT molecular complexity index is 1300. The lowest BCUT2D eigenvalue weighted by Gasteiger charge is -2.27. The monoisotopic (exact) mass is 504 g/mol. The summed E-state index contributed by atoms with van der Waals surface area (Å²) >= 11 is 12.4. The zero-order valence-corrected chi connectivity index (χ0v) is 20.7. The molecule has 5 rings (SSSR count). The Balaban J connectivity index is 1.53. The average molecular weight is 505 g/mol. The van der Waals surface area contributed by atoms with Gasteiger partial charge in [0.15, 0.2) is 5.11 Å². The van der Waals surface area contributed by atoms with Crippen LogP contribution in [0.5, 0.6) is 5.75 Å². The van der Waals surface area contributed by atoms with Gasteiger partial charge in [-0.2, -0.15) is 0 Å². The van der Waals surface area contributed by atoms with Gasteiger partial charge in [0, 0.05) is 37.1 Å². The van der Waals surface area contributed by atoms with Crippen molar-refractivity contribution < 1.29 is 9.47 Å². The molecule has 0 spiro atoms. The van der Waals surface area contributed by atoms with Crippen LogP contribution in [0.25, 0.3) is 5.69 Å². The van der Waals surface area contributed by atoms with E-state index in [1.165, 1.54) is 0 Å². The molecular formula is C27H25ClN4O2S. The van der Waals surface area contributed by atoms with Gasteiger partial charge in [0.2, 0.25) is 0 Å². The Kier molecular flexibility index (Phi) is 6.99. The van der Waals surface area contributed by atoms with Crippen LogP contribution in [-0.2, 0) is 4.74 Å². The summed E-state index contributed by atoms with van der Waals surface area (Å²) in [7, 11) is 1.64. The zero-order chi connectivity index (χ0) is 24.2. The van der Waals surface area contributed by atoms with Crippen molar-refractivity contribution in [1.82, 2.24) is 14.9 Å². The van der Waals surface area contributed by atoms with Gasteiger partial charge in [-0.05, 0) is 66.3 Å². The van der Waals surface area contributed by atoms with E-state index in [1.807, 2.05) is 54.6 Å². The van der Waals surface area contributed by atoms with Crippen LogP contribution in [0.2, 0.25) is 5.02 Å². The molecule has 0 amide bonds. The topological polar surface area (TPSA) is 51.6 Å². The molecule has 1 aliphatic heterocycles. The molecule has 1 saturated heterocycles. The molecule has 1 fully saturated rings. The molecule has 2 atom stereocenters. The molecule has 178 valence electrons. The van der Waals surface area contributed by atoms with Crippen LogP contribution in [0.1, 0.15) is 23.3 Å². The number of methoxy groups -OCH3 is 1. The van der Waals surface area contributed by atoms with Crippen LogP contribution in [-0.4, -0.2) is 35.0 Å². The van der Waals surface area contributed by atoms with Crippen molar-refractivity contribution >= 4 is 34.6 Å². The number of anilines is 1. The second-order valence-electron chi connectivity index (χ2n) is 8.14. The van der Waals surface area contributed by atoms with Gasteiger partial charge in [0.05, 0.1) is 29.4 Å². The highest BCUT2D eigenvalue weighted by Crippen LogP contribution is 2.43. The zero-order valence-electron chi connectivity index (χ0n) is 19.2. The van der Waals surface area contributed by atoms with Gasteiger partial charge >= 0.3 is 0 Å². The number of ether oxygens (including phenoxy) is 2. The third-order valence-electron chi connectivity index (χ3n) is 5.95. The molecule has 6 nitrogen and oxygen atoms in total. The SMILES string of the molecule is COCCOc1ccc(N2C(=S)N[C@H](c3ccccn3)[C@@H]2c2ccn(-c3ccccc3)c2)cc1Cl. The van der Waals surface area contributed by atoms with Gasteiger partial charge in [-0.3, -0.25) is 4.98 Å². The van der Waals surface area contributed by atoms with Crippen LogP contribution >= 0.6 is 23.8 Å². The molecule has 0 bridgehead atoms. The number of aromatic nitrogens is 2. The molecule has 0 unspecified atom stereocenters. The minimum atomic E-state index is -0.133. The Morgan fingerprint density at radius 2 is 1.83 bits per heavy atom. The minimum Gasteiger partial charge on any atom is -0.490 e. The Hall–Kier alpha value is -3.39. The largest absolute Gasteiger partial charge is 0.490 e. The van der Waals surface area contributed by atoms with Crippen LogP contribution in [0.15, 0.2) is 91.4 Å². The van der Waals surface area contributed by atoms with E-state index in [9.17, 15) is 0 Å². The molecule has 2 aromatic heterocycles. The summed E-state index contributed by atoms with van der Waals surface area (Å²) in [5, 5.41) is 4.62. The van der Waals surface area contributed by atoms with E-state index in [0.29, 0.717) is 29.1 Å². The van der Waals surface area contributed by atoms with Gasteiger partial charge in [0.1, 0.15) is 12.4 Å². The standard InChI is InChI=1S/C27H25ClN4O2S/c1-33-15-16-34-24-11-10-21(17-22(24)28)32-26(25(30-27(32)35)23-9-5-6-13-29-23)19-12-14-31(18-19)20-7-3-2-4-8-20/h2-14,17-18,25-26H,15-16H2,1H3,(H,30,35)/t25-,26+/m1/s1. The lowest BCUT2D eigenvalue weighted by atomic mass is 9.98. The molecule has 2 aromatic carbocycles. The number of nitrogens with one attached hydrogen (secondary N) is 1. The number of halogens is 1. The van der Waals surface area contributed by atoms with E-state index >= 15 is 0 Å². The molecule has 3 heterocycles. The Morgan fingerprint density at radius 3 is 2.57 bits per heavy atom. The highest BCUT2D eigenvalue weighted by Gasteiger charge is 2.41. The fourth-order valence-electron chi connectivity index (χ4n) is 4.31. The maximum Gasteiger partial charge on any atom is 0.174 e. The number of hydrogen-bond donors (Lipinski definition) is 1. The number of pyridine rings is 1. The van der Waals surface area contributed by atoms with Gasteiger partial charge in [-0.15, -0.1) is 0 Å². The summed E-state index contributed by atoms with van der Waals surface area (Å²) < 4.78 is 12.9. The van der Waals surface area contributed by atoms with E-state index in [4.69, 9.17) is 33.3 Å². The third-order valence-corrected chi connectivity index (χ3v) is 6.56. The van der Waals surface area contributed by atoms with Crippen molar-refractivity contribution in [3.8, 4) is 11.4 Å². The van der Waals surface area contributed by atoms with Gasteiger partial charge < -0.3 is 24.3 Å². The predicted octanol–water partition coefficient (Wildman–Crippen LogP) is 5.73. The third kappa shape index (κ3) is 4.89. The Labute approximate surface area is 215 Å².